The number of benzene rings is 1. The summed E-state index contributed by atoms with van der Waals surface area (Å²) in [6.45, 7) is 1.23. The Labute approximate surface area is 139 Å². The van der Waals surface area contributed by atoms with Crippen LogP contribution in [0.4, 0.5) is 4.39 Å². The van der Waals surface area contributed by atoms with E-state index in [-0.39, 0.29) is 17.7 Å². The number of nitrogens with two attached hydrogens (primary N) is 1. The molecule has 1 aliphatic heterocycles. The zero-order chi connectivity index (χ0) is 16.9. The third kappa shape index (κ3) is 3.97. The van der Waals surface area contributed by atoms with Crippen molar-refractivity contribution < 1.29 is 13.9 Å². The number of aromatic nitrogens is 1. The Balaban J connectivity index is 1.66. The Morgan fingerprint density at radius 3 is 2.96 bits per heavy atom. The maximum atomic E-state index is 14.1. The van der Waals surface area contributed by atoms with Crippen molar-refractivity contribution >= 4 is 12.0 Å². The van der Waals surface area contributed by atoms with Gasteiger partial charge in [0.25, 0.3) is 0 Å². The summed E-state index contributed by atoms with van der Waals surface area (Å²) in [5, 5.41) is 0. The second-order valence-electron chi connectivity index (χ2n) is 5.65. The standard InChI is InChI=1S/C18H18FN3O2/c19-16-10-13(4-6-18(23)22-9-7-14(20)12-22)3-5-17(16)24-15-2-1-8-21-11-15/h1-6,8,10-11,14H,7,9,12,20H2/b6-4+/t14-/m1/s1. The predicted octanol–water partition coefficient (Wildman–Crippen LogP) is 2.59. The van der Waals surface area contributed by atoms with Gasteiger partial charge in [-0.1, -0.05) is 6.07 Å². The normalized spacial score (nSPS) is 17.4. The van der Waals surface area contributed by atoms with Crippen LogP contribution in [0.1, 0.15) is 12.0 Å². The topological polar surface area (TPSA) is 68.5 Å². The molecule has 124 valence electrons. The van der Waals surface area contributed by atoms with Gasteiger partial charge in [-0.3, -0.25) is 9.78 Å². The number of hydrogen-bond acceptors (Lipinski definition) is 4. The van der Waals surface area contributed by atoms with Crippen LogP contribution < -0.4 is 10.5 Å². The molecule has 1 aromatic heterocycles. The first-order valence-corrected chi connectivity index (χ1v) is 7.72. The minimum Gasteiger partial charge on any atom is -0.453 e. The van der Waals surface area contributed by atoms with Crippen LogP contribution in [0.2, 0.25) is 0 Å². The molecule has 0 bridgehead atoms. The summed E-state index contributed by atoms with van der Waals surface area (Å²) in [5.41, 5.74) is 6.37. The Hall–Kier alpha value is -2.73. The van der Waals surface area contributed by atoms with E-state index in [1.807, 2.05) is 0 Å². The van der Waals surface area contributed by atoms with Crippen LogP contribution in [0.25, 0.3) is 6.08 Å². The van der Waals surface area contributed by atoms with Gasteiger partial charge in [-0.25, -0.2) is 4.39 Å². The van der Waals surface area contributed by atoms with E-state index < -0.39 is 5.82 Å². The number of carbonyl (C=O) groups excluding carboxylic acids is 1. The second kappa shape index (κ2) is 7.23. The lowest BCUT2D eigenvalue weighted by Crippen LogP contribution is -2.30. The number of hydrogen-bond donors (Lipinski definition) is 1. The van der Waals surface area contributed by atoms with Gasteiger partial charge in [-0.15, -0.1) is 0 Å². The molecule has 6 heteroatoms. The number of rotatable bonds is 4. The highest BCUT2D eigenvalue weighted by atomic mass is 19.1. The fraction of sp³-hybridized carbons (Fsp3) is 0.222. The summed E-state index contributed by atoms with van der Waals surface area (Å²) in [6.07, 6.45) is 6.96. The molecule has 0 spiro atoms. The van der Waals surface area contributed by atoms with Crippen molar-refractivity contribution in [3.63, 3.8) is 0 Å². The Morgan fingerprint density at radius 2 is 2.29 bits per heavy atom. The molecule has 2 heterocycles. The summed E-state index contributed by atoms with van der Waals surface area (Å²) in [5.74, 6) is -0.0482. The SMILES string of the molecule is N[C@@H]1CCN(C(=O)/C=C/c2ccc(Oc3cccnc3)c(F)c2)C1. The molecule has 1 aliphatic rings. The van der Waals surface area contributed by atoms with Crippen molar-refractivity contribution in [2.24, 2.45) is 5.73 Å². The van der Waals surface area contributed by atoms with Crippen molar-refractivity contribution in [1.29, 1.82) is 0 Å². The van der Waals surface area contributed by atoms with Crippen LogP contribution in [0.15, 0.2) is 48.8 Å². The predicted molar refractivity (Wildman–Crippen MR) is 88.9 cm³/mol. The molecule has 24 heavy (non-hydrogen) atoms. The third-order valence-corrected chi connectivity index (χ3v) is 3.77. The summed E-state index contributed by atoms with van der Waals surface area (Å²) >= 11 is 0. The maximum absolute atomic E-state index is 14.1. The molecule has 5 nitrogen and oxygen atoms in total. The highest BCUT2D eigenvalue weighted by molar-refractivity contribution is 5.92. The monoisotopic (exact) mass is 327 g/mol. The lowest BCUT2D eigenvalue weighted by atomic mass is 10.2. The summed E-state index contributed by atoms with van der Waals surface area (Å²) in [4.78, 5) is 17.6. The largest absolute Gasteiger partial charge is 0.453 e. The third-order valence-electron chi connectivity index (χ3n) is 3.77. The summed E-state index contributed by atoms with van der Waals surface area (Å²) in [7, 11) is 0. The molecule has 0 unspecified atom stereocenters. The fourth-order valence-electron chi connectivity index (χ4n) is 2.50. The van der Waals surface area contributed by atoms with Crippen molar-refractivity contribution in [3.8, 4) is 11.5 Å². The average molecular weight is 327 g/mol. The number of likely N-dealkylation sites (tertiary alicyclic amines) is 1. The van der Waals surface area contributed by atoms with Gasteiger partial charge >= 0.3 is 0 Å². The average Bonchev–Trinajstić information content (AvgIpc) is 3.02. The summed E-state index contributed by atoms with van der Waals surface area (Å²) < 4.78 is 19.6. The smallest absolute Gasteiger partial charge is 0.246 e. The van der Waals surface area contributed by atoms with E-state index in [4.69, 9.17) is 10.5 Å². The van der Waals surface area contributed by atoms with Gasteiger partial charge in [-0.05, 0) is 42.3 Å². The zero-order valence-electron chi connectivity index (χ0n) is 13.1. The van der Waals surface area contributed by atoms with Crippen LogP contribution >= 0.6 is 0 Å². The molecule has 1 atom stereocenters. The molecule has 1 saturated heterocycles. The molecule has 1 amide bonds. The molecule has 1 fully saturated rings. The van der Waals surface area contributed by atoms with E-state index in [0.717, 1.165) is 6.42 Å². The number of carbonyl (C=O) groups is 1. The number of halogens is 1. The summed E-state index contributed by atoms with van der Waals surface area (Å²) in [6, 6.07) is 7.99. The van der Waals surface area contributed by atoms with E-state index in [0.29, 0.717) is 24.4 Å². The van der Waals surface area contributed by atoms with Crippen LogP contribution in [-0.2, 0) is 4.79 Å². The lowest BCUT2D eigenvalue weighted by Gasteiger charge is -2.12. The number of amides is 1. The number of nitrogens with zero attached hydrogens (tertiary/aromatic N) is 2. The van der Waals surface area contributed by atoms with Gasteiger partial charge in [0.15, 0.2) is 11.6 Å². The Kier molecular flexibility index (Phi) is 4.86. The van der Waals surface area contributed by atoms with Crippen LogP contribution in [-0.4, -0.2) is 34.9 Å². The Bertz CT molecular complexity index is 749. The quantitative estimate of drug-likeness (QED) is 0.877. The molecule has 2 aromatic rings. The lowest BCUT2D eigenvalue weighted by molar-refractivity contribution is -0.124. The van der Waals surface area contributed by atoms with Gasteiger partial charge in [0.05, 0.1) is 6.20 Å². The molecule has 0 saturated carbocycles. The second-order valence-corrected chi connectivity index (χ2v) is 5.65. The van der Waals surface area contributed by atoms with Crippen LogP contribution in [0.3, 0.4) is 0 Å². The minimum atomic E-state index is -0.503. The zero-order valence-corrected chi connectivity index (χ0v) is 13.1. The molecule has 0 aliphatic carbocycles. The maximum Gasteiger partial charge on any atom is 0.246 e. The Morgan fingerprint density at radius 1 is 1.42 bits per heavy atom. The molecule has 0 radical (unpaired) electrons. The van der Waals surface area contributed by atoms with Gasteiger partial charge in [0, 0.05) is 31.4 Å². The van der Waals surface area contributed by atoms with Crippen LogP contribution in [0.5, 0.6) is 11.5 Å². The van der Waals surface area contributed by atoms with Crippen LogP contribution in [0, 0.1) is 5.82 Å². The van der Waals surface area contributed by atoms with E-state index in [2.05, 4.69) is 4.98 Å². The molecule has 2 N–H and O–H groups in total. The van der Waals surface area contributed by atoms with Gasteiger partial charge in [-0.2, -0.15) is 0 Å². The van der Waals surface area contributed by atoms with Crippen molar-refractivity contribution in [1.82, 2.24) is 9.88 Å². The van der Waals surface area contributed by atoms with E-state index >= 15 is 0 Å². The first kappa shape index (κ1) is 16.1. The van der Waals surface area contributed by atoms with Gasteiger partial charge in [0.2, 0.25) is 5.91 Å². The number of ether oxygens (including phenoxy) is 1. The van der Waals surface area contributed by atoms with E-state index in [9.17, 15) is 9.18 Å². The van der Waals surface area contributed by atoms with Gasteiger partial charge in [0.1, 0.15) is 5.75 Å². The molecular formula is C18H18FN3O2. The minimum absolute atomic E-state index is 0.0451. The first-order valence-electron chi connectivity index (χ1n) is 7.72. The van der Waals surface area contributed by atoms with E-state index in [1.54, 1.807) is 35.4 Å². The molecular weight excluding hydrogens is 309 g/mol. The molecule has 3 rings (SSSR count). The highest BCUT2D eigenvalue weighted by Crippen LogP contribution is 2.24. The van der Waals surface area contributed by atoms with Crippen molar-refractivity contribution in [2.75, 3.05) is 13.1 Å². The van der Waals surface area contributed by atoms with Gasteiger partial charge < -0.3 is 15.4 Å². The fourth-order valence-corrected chi connectivity index (χ4v) is 2.50. The molecule has 1 aromatic carbocycles. The number of pyridine rings is 1. The van der Waals surface area contributed by atoms with Crippen molar-refractivity contribution in [2.45, 2.75) is 12.5 Å². The first-order chi connectivity index (χ1) is 11.6. The van der Waals surface area contributed by atoms with E-state index in [1.165, 1.54) is 24.4 Å². The highest BCUT2D eigenvalue weighted by Gasteiger charge is 2.21. The van der Waals surface area contributed by atoms with Crippen molar-refractivity contribution in [3.05, 3.63) is 60.2 Å².